The Balaban J connectivity index is 1.70. The van der Waals surface area contributed by atoms with Crippen LogP contribution in [0.25, 0.3) is 16.8 Å². The predicted octanol–water partition coefficient (Wildman–Crippen LogP) is 5.32. The number of hydrogen-bond acceptors (Lipinski definition) is 5. The van der Waals surface area contributed by atoms with Gasteiger partial charge in [0.1, 0.15) is 5.82 Å². The molecule has 2 N–H and O–H groups in total. The van der Waals surface area contributed by atoms with Gasteiger partial charge >= 0.3 is 0 Å². The summed E-state index contributed by atoms with van der Waals surface area (Å²) >= 11 is 0. The summed E-state index contributed by atoms with van der Waals surface area (Å²) in [5.41, 5.74) is 11.1. The van der Waals surface area contributed by atoms with Crippen molar-refractivity contribution in [1.29, 1.82) is 0 Å². The van der Waals surface area contributed by atoms with E-state index in [1.165, 1.54) is 27.8 Å². The van der Waals surface area contributed by atoms with Crippen molar-refractivity contribution >= 4 is 21.5 Å². The van der Waals surface area contributed by atoms with Crippen LogP contribution in [0.15, 0.2) is 41.3 Å². The minimum atomic E-state index is -3.73. The Morgan fingerprint density at radius 3 is 2.22 bits per heavy atom. The summed E-state index contributed by atoms with van der Waals surface area (Å²) in [6.07, 6.45) is 3.00. The summed E-state index contributed by atoms with van der Waals surface area (Å²) in [7, 11) is -3.73. The van der Waals surface area contributed by atoms with Gasteiger partial charge in [0.25, 0.3) is 0 Å². The van der Waals surface area contributed by atoms with Gasteiger partial charge in [-0.25, -0.2) is 18.5 Å². The normalized spacial score (nSPS) is 15.9. The molecular weight excluding hydrogens is 482 g/mol. The number of nitrogens with two attached hydrogens (primary N) is 1. The maximum Gasteiger partial charge on any atom is 0.238 e. The molecule has 1 atom stereocenters. The van der Waals surface area contributed by atoms with E-state index in [0.717, 1.165) is 53.2 Å². The molecule has 1 unspecified atom stereocenters. The molecule has 0 bridgehead atoms. The van der Waals surface area contributed by atoms with Crippen LogP contribution in [0.2, 0.25) is 0 Å². The van der Waals surface area contributed by atoms with Crippen molar-refractivity contribution in [2.24, 2.45) is 5.14 Å². The zero-order valence-electron chi connectivity index (χ0n) is 22.5. The molecule has 1 aliphatic heterocycles. The Morgan fingerprint density at radius 2 is 1.62 bits per heavy atom. The lowest BCUT2D eigenvalue weighted by Crippen LogP contribution is -2.40. The molecule has 0 amide bonds. The number of sulfonamides is 1. The van der Waals surface area contributed by atoms with Gasteiger partial charge < -0.3 is 4.90 Å². The van der Waals surface area contributed by atoms with E-state index in [0.29, 0.717) is 12.6 Å². The molecule has 0 aliphatic carbocycles. The van der Waals surface area contributed by atoms with Gasteiger partial charge in [-0.15, -0.1) is 0 Å². The Kier molecular flexibility index (Phi) is 6.36. The molecule has 194 valence electrons. The van der Waals surface area contributed by atoms with Gasteiger partial charge in [-0.05, 0) is 88.3 Å². The van der Waals surface area contributed by atoms with E-state index in [9.17, 15) is 8.42 Å². The average Bonchev–Trinajstić information content (AvgIpc) is 3.14. The lowest BCUT2D eigenvalue weighted by molar-refractivity contribution is 0.496. The lowest BCUT2D eigenvalue weighted by Gasteiger charge is -2.39. The summed E-state index contributed by atoms with van der Waals surface area (Å²) in [6, 6.07) is 11.7. The Morgan fingerprint density at radius 1 is 0.973 bits per heavy atom. The minimum Gasteiger partial charge on any atom is -0.349 e. The molecule has 0 fully saturated rings. The van der Waals surface area contributed by atoms with Crippen molar-refractivity contribution in [2.75, 3.05) is 4.90 Å². The second kappa shape index (κ2) is 9.26. The number of aromatic nitrogens is 3. The molecule has 3 heterocycles. The van der Waals surface area contributed by atoms with Crippen LogP contribution in [0.1, 0.15) is 59.0 Å². The SMILES string of the molecule is CCC1CCc2c(C)nc3c(-c4c(C)cc(C)cc4C)c(C)nn3c2N1Cc1ccc(S(N)(=O)=O)cc1. The van der Waals surface area contributed by atoms with Crippen molar-refractivity contribution in [3.05, 3.63) is 75.6 Å². The van der Waals surface area contributed by atoms with Crippen LogP contribution in [-0.2, 0) is 23.0 Å². The van der Waals surface area contributed by atoms with Crippen LogP contribution in [-0.4, -0.2) is 29.1 Å². The second-order valence-corrected chi connectivity index (χ2v) is 11.9. The number of nitrogens with zero attached hydrogens (tertiary/aromatic N) is 4. The summed E-state index contributed by atoms with van der Waals surface area (Å²) in [4.78, 5) is 7.67. The van der Waals surface area contributed by atoms with Crippen LogP contribution in [0, 0.1) is 34.6 Å². The monoisotopic (exact) mass is 517 g/mol. The highest BCUT2D eigenvalue weighted by atomic mass is 32.2. The lowest BCUT2D eigenvalue weighted by atomic mass is 9.93. The highest BCUT2D eigenvalue weighted by Gasteiger charge is 2.31. The fourth-order valence-corrected chi connectivity index (χ4v) is 6.50. The number of hydrogen-bond donors (Lipinski definition) is 1. The van der Waals surface area contributed by atoms with Gasteiger partial charge in [-0.1, -0.05) is 36.8 Å². The highest BCUT2D eigenvalue weighted by molar-refractivity contribution is 7.89. The van der Waals surface area contributed by atoms with E-state index in [1.54, 1.807) is 12.1 Å². The Labute approximate surface area is 219 Å². The Hall–Kier alpha value is -3.23. The molecule has 37 heavy (non-hydrogen) atoms. The fourth-order valence-electron chi connectivity index (χ4n) is 5.99. The van der Waals surface area contributed by atoms with Gasteiger partial charge in [0.2, 0.25) is 10.0 Å². The number of rotatable bonds is 5. The van der Waals surface area contributed by atoms with Crippen LogP contribution >= 0.6 is 0 Å². The first-order valence-corrected chi connectivity index (χ1v) is 14.4. The van der Waals surface area contributed by atoms with Gasteiger partial charge in [0, 0.05) is 23.8 Å². The number of fused-ring (bicyclic) bond motifs is 3. The molecule has 5 rings (SSSR count). The molecule has 0 radical (unpaired) electrons. The van der Waals surface area contributed by atoms with E-state index in [2.05, 4.69) is 58.6 Å². The maximum atomic E-state index is 11.7. The second-order valence-electron chi connectivity index (χ2n) is 10.4. The molecule has 0 saturated carbocycles. The smallest absolute Gasteiger partial charge is 0.238 e. The van der Waals surface area contributed by atoms with Gasteiger partial charge in [0.05, 0.1) is 16.2 Å². The van der Waals surface area contributed by atoms with E-state index in [4.69, 9.17) is 15.2 Å². The summed E-state index contributed by atoms with van der Waals surface area (Å²) in [5, 5.41) is 10.4. The zero-order chi connectivity index (χ0) is 26.6. The number of primary sulfonamides is 1. The molecule has 0 spiro atoms. The number of anilines is 1. The van der Waals surface area contributed by atoms with Crippen molar-refractivity contribution in [1.82, 2.24) is 14.6 Å². The molecule has 8 heteroatoms. The number of aryl methyl sites for hydroxylation is 5. The van der Waals surface area contributed by atoms with Crippen LogP contribution < -0.4 is 10.0 Å². The quantitative estimate of drug-likeness (QED) is 0.387. The van der Waals surface area contributed by atoms with Crippen molar-refractivity contribution < 1.29 is 8.42 Å². The topological polar surface area (TPSA) is 93.6 Å². The van der Waals surface area contributed by atoms with Crippen LogP contribution in [0.3, 0.4) is 0 Å². The molecule has 0 saturated heterocycles. The fraction of sp³-hybridized carbons (Fsp3) is 0.379. The van der Waals surface area contributed by atoms with E-state index < -0.39 is 10.0 Å². The van der Waals surface area contributed by atoms with E-state index in [1.807, 2.05) is 16.6 Å². The average molecular weight is 518 g/mol. The first-order chi connectivity index (χ1) is 17.5. The van der Waals surface area contributed by atoms with Crippen molar-refractivity contribution in [2.45, 2.75) is 78.3 Å². The van der Waals surface area contributed by atoms with Crippen molar-refractivity contribution in [3.63, 3.8) is 0 Å². The summed E-state index contributed by atoms with van der Waals surface area (Å²) in [6.45, 7) is 13.5. The molecule has 4 aromatic rings. The van der Waals surface area contributed by atoms with Crippen LogP contribution in [0.4, 0.5) is 5.82 Å². The third-order valence-corrected chi connectivity index (χ3v) is 8.59. The molecule has 1 aliphatic rings. The summed E-state index contributed by atoms with van der Waals surface area (Å²) in [5.74, 6) is 1.09. The maximum absolute atomic E-state index is 11.7. The third-order valence-electron chi connectivity index (χ3n) is 7.66. The van der Waals surface area contributed by atoms with Gasteiger partial charge in [-0.3, -0.25) is 0 Å². The van der Waals surface area contributed by atoms with Crippen molar-refractivity contribution in [3.8, 4) is 11.1 Å². The molecule has 2 aromatic carbocycles. The summed E-state index contributed by atoms with van der Waals surface area (Å²) < 4.78 is 25.5. The largest absolute Gasteiger partial charge is 0.349 e. The van der Waals surface area contributed by atoms with Gasteiger partial charge in [-0.2, -0.15) is 9.61 Å². The first-order valence-electron chi connectivity index (χ1n) is 12.8. The third kappa shape index (κ3) is 4.42. The minimum absolute atomic E-state index is 0.126. The first kappa shape index (κ1) is 25.4. The molecule has 7 nitrogen and oxygen atoms in total. The predicted molar refractivity (Wildman–Crippen MR) is 149 cm³/mol. The Bertz CT molecular complexity index is 1600. The molecular formula is C29H35N5O2S. The van der Waals surface area contributed by atoms with Crippen LogP contribution in [0.5, 0.6) is 0 Å². The van der Waals surface area contributed by atoms with Gasteiger partial charge in [0.15, 0.2) is 5.65 Å². The van der Waals surface area contributed by atoms with E-state index in [-0.39, 0.29) is 4.90 Å². The molecule has 2 aromatic heterocycles. The van der Waals surface area contributed by atoms with E-state index >= 15 is 0 Å². The zero-order valence-corrected chi connectivity index (χ0v) is 23.3. The standard InChI is InChI=1S/C29H35N5O2S/c1-7-23-10-13-25-20(5)31-28-27(26-18(3)14-17(2)15-19(26)4)21(6)32-34(28)29(25)33(23)16-22-8-11-24(12-9-22)37(30,35)36/h8-9,11-12,14-15,23H,7,10,13,16H2,1-6H3,(H2,30,35,36). The highest BCUT2D eigenvalue weighted by Crippen LogP contribution is 2.40. The number of benzene rings is 2.